The summed E-state index contributed by atoms with van der Waals surface area (Å²) in [6, 6.07) is 1.68. The van der Waals surface area contributed by atoms with Gasteiger partial charge in [0, 0.05) is 25.3 Å². The summed E-state index contributed by atoms with van der Waals surface area (Å²) in [5, 5.41) is 15.9. The van der Waals surface area contributed by atoms with E-state index in [2.05, 4.69) is 10.4 Å². The van der Waals surface area contributed by atoms with E-state index in [0.717, 1.165) is 30.8 Å². The number of rotatable bonds is 8. The Bertz CT molecular complexity index is 485. The van der Waals surface area contributed by atoms with Gasteiger partial charge in [-0.25, -0.2) is 4.79 Å². The number of hydrogen-bond donors (Lipinski definition) is 2. The van der Waals surface area contributed by atoms with Gasteiger partial charge in [0.15, 0.2) is 0 Å². The Labute approximate surface area is 124 Å². The highest BCUT2D eigenvalue weighted by molar-refractivity contribution is 5.80. The van der Waals surface area contributed by atoms with E-state index in [9.17, 15) is 9.59 Å². The van der Waals surface area contributed by atoms with Crippen molar-refractivity contribution in [2.45, 2.75) is 40.2 Å². The van der Waals surface area contributed by atoms with Gasteiger partial charge in [-0.2, -0.15) is 5.10 Å². The summed E-state index contributed by atoms with van der Waals surface area (Å²) in [6.45, 7) is 7.25. The third kappa shape index (κ3) is 5.85. The van der Waals surface area contributed by atoms with Gasteiger partial charge in [0.25, 0.3) is 0 Å². The predicted molar refractivity (Wildman–Crippen MR) is 79.2 cm³/mol. The van der Waals surface area contributed by atoms with Crippen LogP contribution in [0.1, 0.15) is 31.2 Å². The molecule has 0 aliphatic heterocycles. The summed E-state index contributed by atoms with van der Waals surface area (Å²) in [5.74, 6) is -0.999. The number of aryl methyl sites for hydroxylation is 3. The molecule has 0 radical (unpaired) electrons. The second-order valence-electron chi connectivity index (χ2n) is 5.05. The Balaban J connectivity index is 2.34. The summed E-state index contributed by atoms with van der Waals surface area (Å²) in [5.41, 5.74) is 2.07. The molecule has 0 atom stereocenters. The van der Waals surface area contributed by atoms with Crippen LogP contribution < -0.4 is 5.32 Å². The molecule has 7 nitrogen and oxygen atoms in total. The van der Waals surface area contributed by atoms with Crippen molar-refractivity contribution in [2.75, 3.05) is 19.6 Å². The Morgan fingerprint density at radius 3 is 2.67 bits per heavy atom. The minimum absolute atomic E-state index is 0.267. The molecule has 21 heavy (non-hydrogen) atoms. The highest BCUT2D eigenvalue weighted by Crippen LogP contribution is 2.02. The highest BCUT2D eigenvalue weighted by atomic mass is 16.4. The first-order valence-electron chi connectivity index (χ1n) is 7.19. The standard InChI is InChI=1S/C14H24N4O3/c1-4-7-17(10-13(19)20)14(21)15-6-5-8-18-12(3)9-11(2)16-18/h9H,4-8,10H2,1-3H3,(H,15,21)(H,19,20). The molecule has 7 heteroatoms. The maximum atomic E-state index is 11.9. The van der Waals surface area contributed by atoms with Gasteiger partial charge in [0.2, 0.25) is 0 Å². The largest absolute Gasteiger partial charge is 0.480 e. The quantitative estimate of drug-likeness (QED) is 0.710. The van der Waals surface area contributed by atoms with E-state index in [1.54, 1.807) is 0 Å². The summed E-state index contributed by atoms with van der Waals surface area (Å²) < 4.78 is 1.91. The second-order valence-corrected chi connectivity index (χ2v) is 5.05. The van der Waals surface area contributed by atoms with Crippen LogP contribution in [-0.2, 0) is 11.3 Å². The van der Waals surface area contributed by atoms with Crippen LogP contribution >= 0.6 is 0 Å². The van der Waals surface area contributed by atoms with Crippen molar-refractivity contribution in [2.24, 2.45) is 0 Å². The number of aliphatic carboxylic acids is 1. The third-order valence-electron chi connectivity index (χ3n) is 3.03. The Morgan fingerprint density at radius 2 is 2.14 bits per heavy atom. The fourth-order valence-electron chi connectivity index (χ4n) is 2.12. The minimum atomic E-state index is -0.999. The SMILES string of the molecule is CCCN(CC(=O)O)C(=O)NCCCn1nc(C)cc1C. The predicted octanol–water partition coefficient (Wildman–Crippen LogP) is 1.40. The first-order chi connectivity index (χ1) is 9.93. The molecule has 0 aliphatic rings. The number of nitrogens with zero attached hydrogens (tertiary/aromatic N) is 3. The molecule has 118 valence electrons. The zero-order valence-corrected chi connectivity index (χ0v) is 12.9. The van der Waals surface area contributed by atoms with Gasteiger partial charge in [-0.15, -0.1) is 0 Å². The van der Waals surface area contributed by atoms with Gasteiger partial charge in [-0.1, -0.05) is 6.92 Å². The van der Waals surface area contributed by atoms with Crippen molar-refractivity contribution in [3.05, 3.63) is 17.5 Å². The lowest BCUT2D eigenvalue weighted by Gasteiger charge is -2.20. The maximum Gasteiger partial charge on any atom is 0.323 e. The lowest BCUT2D eigenvalue weighted by molar-refractivity contribution is -0.137. The van der Waals surface area contributed by atoms with E-state index in [4.69, 9.17) is 5.11 Å². The van der Waals surface area contributed by atoms with Gasteiger partial charge in [-0.05, 0) is 32.8 Å². The van der Waals surface area contributed by atoms with Crippen LogP contribution in [0.5, 0.6) is 0 Å². The fraction of sp³-hybridized carbons (Fsp3) is 0.643. The first kappa shape index (κ1) is 17.0. The average Bonchev–Trinajstić information content (AvgIpc) is 2.72. The number of carboxylic acid groups (broad SMARTS) is 1. The molecule has 1 aromatic heterocycles. The number of nitrogens with one attached hydrogen (secondary N) is 1. The molecule has 1 heterocycles. The molecule has 0 spiro atoms. The summed E-state index contributed by atoms with van der Waals surface area (Å²) in [7, 11) is 0. The van der Waals surface area contributed by atoms with E-state index in [0.29, 0.717) is 13.1 Å². The minimum Gasteiger partial charge on any atom is -0.480 e. The smallest absolute Gasteiger partial charge is 0.323 e. The Kier molecular flexibility index (Phi) is 6.71. The molecule has 0 fully saturated rings. The van der Waals surface area contributed by atoms with Crippen LogP contribution in [0, 0.1) is 13.8 Å². The van der Waals surface area contributed by atoms with Crippen molar-refractivity contribution < 1.29 is 14.7 Å². The maximum absolute atomic E-state index is 11.9. The highest BCUT2D eigenvalue weighted by Gasteiger charge is 2.14. The summed E-state index contributed by atoms with van der Waals surface area (Å²) >= 11 is 0. The Hall–Kier alpha value is -2.05. The number of urea groups is 1. The fourth-order valence-corrected chi connectivity index (χ4v) is 2.12. The van der Waals surface area contributed by atoms with Crippen molar-refractivity contribution in [1.29, 1.82) is 0 Å². The first-order valence-corrected chi connectivity index (χ1v) is 7.19. The van der Waals surface area contributed by atoms with Crippen LogP contribution in [0.25, 0.3) is 0 Å². The lowest BCUT2D eigenvalue weighted by Crippen LogP contribution is -2.43. The van der Waals surface area contributed by atoms with E-state index >= 15 is 0 Å². The van der Waals surface area contributed by atoms with Gasteiger partial charge in [0.1, 0.15) is 6.54 Å². The van der Waals surface area contributed by atoms with Gasteiger partial charge in [0.05, 0.1) is 5.69 Å². The number of hydrogen-bond acceptors (Lipinski definition) is 3. The number of aromatic nitrogens is 2. The molecule has 1 rings (SSSR count). The molecule has 0 unspecified atom stereocenters. The summed E-state index contributed by atoms with van der Waals surface area (Å²) in [6.07, 6.45) is 1.48. The number of carbonyl (C=O) groups excluding carboxylic acids is 1. The van der Waals surface area contributed by atoms with Crippen molar-refractivity contribution in [1.82, 2.24) is 20.0 Å². The van der Waals surface area contributed by atoms with E-state index in [1.165, 1.54) is 4.90 Å². The zero-order chi connectivity index (χ0) is 15.8. The van der Waals surface area contributed by atoms with Crippen LogP contribution in [0.2, 0.25) is 0 Å². The average molecular weight is 296 g/mol. The van der Waals surface area contributed by atoms with E-state index in [1.807, 2.05) is 31.5 Å². The molecule has 0 saturated carbocycles. The van der Waals surface area contributed by atoms with Crippen molar-refractivity contribution >= 4 is 12.0 Å². The van der Waals surface area contributed by atoms with Gasteiger partial charge in [-0.3, -0.25) is 9.48 Å². The third-order valence-corrected chi connectivity index (χ3v) is 3.03. The van der Waals surface area contributed by atoms with Crippen molar-refractivity contribution in [3.8, 4) is 0 Å². The van der Waals surface area contributed by atoms with Crippen molar-refractivity contribution in [3.63, 3.8) is 0 Å². The normalized spacial score (nSPS) is 10.4. The van der Waals surface area contributed by atoms with Gasteiger partial charge < -0.3 is 15.3 Å². The van der Waals surface area contributed by atoms with E-state index in [-0.39, 0.29) is 12.6 Å². The van der Waals surface area contributed by atoms with Crippen LogP contribution in [0.4, 0.5) is 4.79 Å². The van der Waals surface area contributed by atoms with Gasteiger partial charge >= 0.3 is 12.0 Å². The molecule has 2 amide bonds. The number of carboxylic acids is 1. The zero-order valence-electron chi connectivity index (χ0n) is 12.9. The Morgan fingerprint density at radius 1 is 1.43 bits per heavy atom. The van der Waals surface area contributed by atoms with E-state index < -0.39 is 5.97 Å². The molecule has 0 aliphatic carbocycles. The second kappa shape index (κ2) is 8.28. The molecule has 1 aromatic rings. The van der Waals surface area contributed by atoms with Crippen LogP contribution in [0.15, 0.2) is 6.07 Å². The lowest BCUT2D eigenvalue weighted by atomic mass is 10.3. The topological polar surface area (TPSA) is 87.5 Å². The van der Waals surface area contributed by atoms with Crippen LogP contribution in [-0.4, -0.2) is 51.4 Å². The number of carbonyl (C=O) groups is 2. The van der Waals surface area contributed by atoms with Crippen LogP contribution in [0.3, 0.4) is 0 Å². The monoisotopic (exact) mass is 296 g/mol. The molecular weight excluding hydrogens is 272 g/mol. The molecule has 0 saturated heterocycles. The molecule has 2 N–H and O–H groups in total. The number of amides is 2. The molecule has 0 bridgehead atoms. The molecule has 0 aromatic carbocycles. The molecular formula is C14H24N4O3. The summed E-state index contributed by atoms with van der Waals surface area (Å²) in [4.78, 5) is 23.9.